The summed E-state index contributed by atoms with van der Waals surface area (Å²) in [6, 6.07) is 4.21. The second-order valence-electron chi connectivity index (χ2n) is 3.00. The van der Waals surface area contributed by atoms with E-state index >= 15 is 0 Å². The summed E-state index contributed by atoms with van der Waals surface area (Å²) in [4.78, 5) is 9.85. The van der Waals surface area contributed by atoms with Crippen LogP contribution < -0.4 is 0 Å². The maximum absolute atomic E-state index is 12.9. The lowest BCUT2D eigenvalue weighted by molar-refractivity contribution is -0.386. The lowest BCUT2D eigenvalue weighted by Crippen LogP contribution is -2.04. The summed E-state index contributed by atoms with van der Waals surface area (Å²) in [6.07, 6.45) is -1.57. The number of halogens is 1. The smallest absolute Gasteiger partial charge is 0.275 e. The monoisotopic (exact) mass is 222 g/mol. The molecular formula is C10H7FN2O3. The molecule has 0 heterocycles. The van der Waals surface area contributed by atoms with Crippen molar-refractivity contribution >= 4 is 5.69 Å². The lowest BCUT2D eigenvalue weighted by Gasteiger charge is -2.09. The van der Waals surface area contributed by atoms with E-state index in [1.165, 1.54) is 0 Å². The maximum Gasteiger partial charge on any atom is 0.275 e. The van der Waals surface area contributed by atoms with Crippen molar-refractivity contribution in [1.29, 1.82) is 5.26 Å². The second-order valence-corrected chi connectivity index (χ2v) is 3.00. The van der Waals surface area contributed by atoms with Gasteiger partial charge < -0.3 is 5.11 Å². The SMILES string of the molecule is C=C(C#N)C(O)c1cc(F)ccc1[N+](=O)[O-]. The van der Waals surface area contributed by atoms with Gasteiger partial charge in [-0.05, 0) is 12.1 Å². The third kappa shape index (κ3) is 2.21. The van der Waals surface area contributed by atoms with Gasteiger partial charge in [0.15, 0.2) is 0 Å². The van der Waals surface area contributed by atoms with E-state index in [9.17, 15) is 19.6 Å². The number of benzene rings is 1. The van der Waals surface area contributed by atoms with Gasteiger partial charge in [0.1, 0.15) is 11.9 Å². The number of nitro groups is 1. The highest BCUT2D eigenvalue weighted by molar-refractivity contribution is 5.46. The highest BCUT2D eigenvalue weighted by Gasteiger charge is 2.23. The van der Waals surface area contributed by atoms with Crippen LogP contribution in [-0.2, 0) is 0 Å². The van der Waals surface area contributed by atoms with Gasteiger partial charge >= 0.3 is 0 Å². The highest BCUT2D eigenvalue weighted by atomic mass is 19.1. The Labute approximate surface area is 90.2 Å². The normalized spacial score (nSPS) is 11.6. The van der Waals surface area contributed by atoms with E-state index in [2.05, 4.69) is 6.58 Å². The molecule has 16 heavy (non-hydrogen) atoms. The molecule has 6 heteroatoms. The molecule has 0 aromatic heterocycles. The number of aliphatic hydroxyl groups is 1. The molecule has 0 radical (unpaired) electrons. The van der Waals surface area contributed by atoms with Crippen molar-refractivity contribution in [3.8, 4) is 6.07 Å². The number of rotatable bonds is 3. The van der Waals surface area contributed by atoms with Crippen LogP contribution in [0.2, 0.25) is 0 Å². The molecule has 82 valence electrons. The zero-order valence-electron chi connectivity index (χ0n) is 8.05. The summed E-state index contributed by atoms with van der Waals surface area (Å²) >= 11 is 0. The molecule has 0 aliphatic heterocycles. The van der Waals surface area contributed by atoms with E-state index in [-0.39, 0.29) is 11.1 Å². The van der Waals surface area contributed by atoms with Gasteiger partial charge in [0, 0.05) is 6.07 Å². The first-order valence-corrected chi connectivity index (χ1v) is 4.18. The first-order chi connectivity index (χ1) is 7.47. The minimum Gasteiger partial charge on any atom is -0.383 e. The topological polar surface area (TPSA) is 87.2 Å². The number of nitrogens with zero attached hydrogens (tertiary/aromatic N) is 2. The fourth-order valence-corrected chi connectivity index (χ4v) is 1.16. The molecule has 0 saturated carbocycles. The third-order valence-corrected chi connectivity index (χ3v) is 1.95. The van der Waals surface area contributed by atoms with Crippen LogP contribution in [0.15, 0.2) is 30.4 Å². The average molecular weight is 222 g/mol. The molecule has 1 rings (SSSR count). The van der Waals surface area contributed by atoms with E-state index in [0.717, 1.165) is 18.2 Å². The minimum absolute atomic E-state index is 0.281. The Kier molecular flexibility index (Phi) is 3.33. The molecule has 5 nitrogen and oxygen atoms in total. The quantitative estimate of drug-likeness (QED) is 0.480. The van der Waals surface area contributed by atoms with Crippen molar-refractivity contribution in [1.82, 2.24) is 0 Å². The van der Waals surface area contributed by atoms with E-state index in [4.69, 9.17) is 5.26 Å². The Morgan fingerprint density at radius 1 is 1.69 bits per heavy atom. The van der Waals surface area contributed by atoms with Crippen molar-refractivity contribution in [3.05, 3.63) is 51.8 Å². The predicted molar refractivity (Wildman–Crippen MR) is 52.8 cm³/mol. The van der Waals surface area contributed by atoms with Crippen molar-refractivity contribution in [3.63, 3.8) is 0 Å². The zero-order valence-corrected chi connectivity index (χ0v) is 8.05. The van der Waals surface area contributed by atoms with Crippen LogP contribution in [0.3, 0.4) is 0 Å². The van der Waals surface area contributed by atoms with Crippen LogP contribution in [0.1, 0.15) is 11.7 Å². The molecule has 1 unspecified atom stereocenters. The summed E-state index contributed by atoms with van der Waals surface area (Å²) in [6.45, 7) is 3.22. The molecule has 1 atom stereocenters. The molecule has 0 saturated heterocycles. The standard InChI is InChI=1S/C10H7FN2O3/c1-6(5-12)10(14)8-4-7(11)2-3-9(8)13(15)16/h2-4,10,14H,1H2. The van der Waals surface area contributed by atoms with Gasteiger partial charge in [0.25, 0.3) is 5.69 Å². The molecule has 0 amide bonds. The van der Waals surface area contributed by atoms with Crippen LogP contribution in [-0.4, -0.2) is 10.0 Å². The second kappa shape index (κ2) is 4.51. The molecule has 1 aromatic rings. The van der Waals surface area contributed by atoms with Crippen molar-refractivity contribution in [2.75, 3.05) is 0 Å². The highest BCUT2D eigenvalue weighted by Crippen LogP contribution is 2.29. The summed E-state index contributed by atoms with van der Waals surface area (Å²) in [5.41, 5.74) is -1.02. The Hall–Kier alpha value is -2.26. The van der Waals surface area contributed by atoms with Crippen LogP contribution >= 0.6 is 0 Å². The zero-order chi connectivity index (χ0) is 12.3. The van der Waals surface area contributed by atoms with Gasteiger partial charge in [-0.2, -0.15) is 5.26 Å². The molecule has 0 bridgehead atoms. The van der Waals surface area contributed by atoms with Gasteiger partial charge in [0.2, 0.25) is 0 Å². The van der Waals surface area contributed by atoms with Crippen LogP contribution in [0.5, 0.6) is 0 Å². The molecule has 0 aliphatic carbocycles. The predicted octanol–water partition coefficient (Wildman–Crippen LogP) is 1.85. The van der Waals surface area contributed by atoms with E-state index in [1.807, 2.05) is 0 Å². The molecular weight excluding hydrogens is 215 g/mol. The first-order valence-electron chi connectivity index (χ1n) is 4.18. The number of nitro benzene ring substituents is 1. The fraction of sp³-hybridized carbons (Fsp3) is 0.100. The van der Waals surface area contributed by atoms with Crippen molar-refractivity contribution < 1.29 is 14.4 Å². The number of hydrogen-bond donors (Lipinski definition) is 1. The van der Waals surface area contributed by atoms with Crippen molar-refractivity contribution in [2.45, 2.75) is 6.10 Å². The summed E-state index contributed by atoms with van der Waals surface area (Å²) in [5.74, 6) is -0.731. The molecule has 1 aromatic carbocycles. The Morgan fingerprint density at radius 3 is 2.81 bits per heavy atom. The van der Waals surface area contributed by atoms with Crippen LogP contribution in [0.4, 0.5) is 10.1 Å². The summed E-state index contributed by atoms with van der Waals surface area (Å²) in [5, 5.41) is 28.7. The number of nitriles is 1. The van der Waals surface area contributed by atoms with E-state index in [0.29, 0.717) is 0 Å². The summed E-state index contributed by atoms with van der Waals surface area (Å²) in [7, 11) is 0. The van der Waals surface area contributed by atoms with Gasteiger partial charge in [-0.25, -0.2) is 4.39 Å². The van der Waals surface area contributed by atoms with Gasteiger partial charge in [-0.15, -0.1) is 0 Å². The average Bonchev–Trinajstić information content (AvgIpc) is 2.26. The minimum atomic E-state index is -1.57. The van der Waals surface area contributed by atoms with Gasteiger partial charge in [-0.3, -0.25) is 10.1 Å². The fourth-order valence-electron chi connectivity index (χ4n) is 1.16. The van der Waals surface area contributed by atoms with Crippen LogP contribution in [0, 0.1) is 27.3 Å². The Morgan fingerprint density at radius 2 is 2.31 bits per heavy atom. The van der Waals surface area contributed by atoms with E-state index < -0.39 is 22.5 Å². The molecule has 1 N–H and O–H groups in total. The summed E-state index contributed by atoms with van der Waals surface area (Å²) < 4.78 is 12.9. The van der Waals surface area contributed by atoms with Crippen molar-refractivity contribution in [2.24, 2.45) is 0 Å². The Balaban J connectivity index is 3.31. The largest absolute Gasteiger partial charge is 0.383 e. The molecule has 0 spiro atoms. The third-order valence-electron chi connectivity index (χ3n) is 1.95. The molecule has 0 aliphatic rings. The van der Waals surface area contributed by atoms with E-state index in [1.54, 1.807) is 6.07 Å². The number of aliphatic hydroxyl groups excluding tert-OH is 1. The maximum atomic E-state index is 12.9. The number of hydrogen-bond acceptors (Lipinski definition) is 4. The lowest BCUT2D eigenvalue weighted by atomic mass is 10.0. The van der Waals surface area contributed by atoms with Crippen LogP contribution in [0.25, 0.3) is 0 Å². The molecule has 0 fully saturated rings. The van der Waals surface area contributed by atoms with Gasteiger partial charge in [-0.1, -0.05) is 6.58 Å². The van der Waals surface area contributed by atoms with Gasteiger partial charge in [0.05, 0.1) is 22.1 Å². The first kappa shape index (κ1) is 11.8. The Bertz CT molecular complexity index is 493.